The predicted octanol–water partition coefficient (Wildman–Crippen LogP) is 5.26. The molecule has 5 heteroatoms. The maximum Gasteiger partial charge on any atom is 0.229 e. The highest BCUT2D eigenvalue weighted by atomic mass is 15.2. The quantitative estimate of drug-likeness (QED) is 0.708. The molecule has 1 aromatic heterocycles. The van der Waals surface area contributed by atoms with Crippen LogP contribution >= 0.6 is 0 Å². The van der Waals surface area contributed by atoms with Gasteiger partial charge in [0.2, 0.25) is 5.95 Å². The zero-order valence-corrected chi connectivity index (χ0v) is 16.4. The van der Waals surface area contributed by atoms with Crippen molar-refractivity contribution < 1.29 is 0 Å². The molecule has 2 aromatic rings. The lowest BCUT2D eigenvalue weighted by molar-refractivity contribution is 0.617. The Kier molecular flexibility index (Phi) is 5.75. The van der Waals surface area contributed by atoms with Crippen molar-refractivity contribution in [2.45, 2.75) is 64.3 Å². The van der Waals surface area contributed by atoms with E-state index >= 15 is 0 Å². The van der Waals surface area contributed by atoms with Crippen LogP contribution in [-0.2, 0) is 0 Å². The van der Waals surface area contributed by atoms with Gasteiger partial charge in [0.15, 0.2) is 0 Å². The molecule has 2 heterocycles. The van der Waals surface area contributed by atoms with Crippen molar-refractivity contribution in [1.29, 1.82) is 0 Å². The minimum Gasteiger partial charge on any atom is -0.372 e. The van der Waals surface area contributed by atoms with Crippen LogP contribution in [0, 0.1) is 6.92 Å². The van der Waals surface area contributed by atoms with Crippen LogP contribution in [0.3, 0.4) is 0 Å². The molecule has 1 saturated heterocycles. The fourth-order valence-corrected chi connectivity index (χ4v) is 4.19. The summed E-state index contributed by atoms with van der Waals surface area (Å²) < 4.78 is 0. The second kappa shape index (κ2) is 8.59. The van der Waals surface area contributed by atoms with Crippen LogP contribution in [0.5, 0.6) is 0 Å². The molecule has 2 fully saturated rings. The van der Waals surface area contributed by atoms with Gasteiger partial charge < -0.3 is 15.5 Å². The number of hydrogen-bond donors (Lipinski definition) is 2. The number of nitrogens with one attached hydrogen (secondary N) is 2. The molecular weight excluding hydrogens is 334 g/mol. The third-order valence-corrected chi connectivity index (χ3v) is 5.66. The summed E-state index contributed by atoms with van der Waals surface area (Å²) in [5, 5.41) is 7.01. The van der Waals surface area contributed by atoms with Gasteiger partial charge >= 0.3 is 0 Å². The zero-order chi connectivity index (χ0) is 18.5. The normalized spacial score (nSPS) is 18.3. The lowest BCUT2D eigenvalue weighted by atomic mass is 10.1. The summed E-state index contributed by atoms with van der Waals surface area (Å²) in [5.74, 6) is 1.60. The largest absolute Gasteiger partial charge is 0.372 e. The molecule has 1 aliphatic heterocycles. The molecular formula is C22H31N5. The lowest BCUT2D eigenvalue weighted by Crippen LogP contribution is -2.19. The van der Waals surface area contributed by atoms with Crippen molar-refractivity contribution >= 4 is 23.1 Å². The number of aryl methyl sites for hydroxylation is 1. The minimum atomic E-state index is 0.536. The fraction of sp³-hybridized carbons (Fsp3) is 0.545. The van der Waals surface area contributed by atoms with E-state index in [9.17, 15) is 0 Å². The molecule has 0 unspecified atom stereocenters. The van der Waals surface area contributed by atoms with Crippen molar-refractivity contribution in [2.24, 2.45) is 0 Å². The number of anilines is 4. The van der Waals surface area contributed by atoms with Crippen molar-refractivity contribution in [3.8, 4) is 0 Å². The average molecular weight is 366 g/mol. The molecule has 1 aromatic carbocycles. The Bertz CT molecular complexity index is 729. The molecule has 0 atom stereocenters. The highest BCUT2D eigenvalue weighted by molar-refractivity contribution is 5.60. The number of benzene rings is 1. The molecule has 5 nitrogen and oxygen atoms in total. The van der Waals surface area contributed by atoms with Gasteiger partial charge in [-0.3, -0.25) is 0 Å². The first-order valence-corrected chi connectivity index (χ1v) is 10.5. The molecule has 0 bridgehead atoms. The summed E-state index contributed by atoms with van der Waals surface area (Å²) in [4.78, 5) is 11.7. The highest BCUT2D eigenvalue weighted by Gasteiger charge is 2.14. The Balaban J connectivity index is 1.42. The molecule has 144 valence electrons. The van der Waals surface area contributed by atoms with E-state index in [-0.39, 0.29) is 0 Å². The monoisotopic (exact) mass is 365 g/mol. The third kappa shape index (κ3) is 4.90. The first kappa shape index (κ1) is 18.1. The smallest absolute Gasteiger partial charge is 0.229 e. The summed E-state index contributed by atoms with van der Waals surface area (Å²) in [7, 11) is 0. The van der Waals surface area contributed by atoms with Crippen molar-refractivity contribution in [3.05, 3.63) is 36.0 Å². The van der Waals surface area contributed by atoms with E-state index in [1.54, 1.807) is 0 Å². The summed E-state index contributed by atoms with van der Waals surface area (Å²) in [6.07, 6.45) is 10.4. The predicted molar refractivity (Wildman–Crippen MR) is 113 cm³/mol. The van der Waals surface area contributed by atoms with Gasteiger partial charge in [-0.15, -0.1) is 0 Å². The Morgan fingerprint density at radius 1 is 0.889 bits per heavy atom. The molecule has 0 spiro atoms. The fourth-order valence-electron chi connectivity index (χ4n) is 4.19. The van der Waals surface area contributed by atoms with Crippen LogP contribution in [0.15, 0.2) is 30.3 Å². The van der Waals surface area contributed by atoms with Crippen LogP contribution < -0.4 is 15.5 Å². The van der Waals surface area contributed by atoms with E-state index in [0.29, 0.717) is 12.0 Å². The van der Waals surface area contributed by atoms with Gasteiger partial charge in [-0.25, -0.2) is 4.98 Å². The standard InChI is InChI=1S/C22H31N5/c1-17-16-21(24-18-8-4-2-3-5-9-18)26-22(23-17)25-19-10-12-20(13-11-19)27-14-6-7-15-27/h10-13,16,18H,2-9,14-15H2,1H3,(H2,23,24,25,26). The van der Waals surface area contributed by atoms with Crippen LogP contribution in [0.2, 0.25) is 0 Å². The maximum absolute atomic E-state index is 4.71. The van der Waals surface area contributed by atoms with Crippen molar-refractivity contribution in [2.75, 3.05) is 28.6 Å². The second-order valence-electron chi connectivity index (χ2n) is 7.92. The van der Waals surface area contributed by atoms with E-state index in [1.807, 2.05) is 13.0 Å². The second-order valence-corrected chi connectivity index (χ2v) is 7.92. The molecule has 1 saturated carbocycles. The summed E-state index contributed by atoms with van der Waals surface area (Å²) >= 11 is 0. The molecule has 27 heavy (non-hydrogen) atoms. The van der Waals surface area contributed by atoms with Crippen LogP contribution in [0.4, 0.5) is 23.1 Å². The number of aromatic nitrogens is 2. The van der Waals surface area contributed by atoms with Crippen LogP contribution in [0.1, 0.15) is 57.1 Å². The Hall–Kier alpha value is -2.30. The van der Waals surface area contributed by atoms with Gasteiger partial charge in [0.1, 0.15) is 5.82 Å². The molecule has 4 rings (SSSR count). The number of nitrogens with zero attached hydrogens (tertiary/aromatic N) is 3. The van der Waals surface area contributed by atoms with E-state index < -0.39 is 0 Å². The highest BCUT2D eigenvalue weighted by Crippen LogP contribution is 2.24. The third-order valence-electron chi connectivity index (χ3n) is 5.66. The number of hydrogen-bond acceptors (Lipinski definition) is 5. The van der Waals surface area contributed by atoms with Gasteiger partial charge in [0.05, 0.1) is 0 Å². The summed E-state index contributed by atoms with van der Waals surface area (Å²) in [5.41, 5.74) is 3.32. The van der Waals surface area contributed by atoms with E-state index in [1.165, 1.54) is 70.1 Å². The Morgan fingerprint density at radius 2 is 1.59 bits per heavy atom. The summed E-state index contributed by atoms with van der Waals surface area (Å²) in [6.45, 7) is 4.37. The van der Waals surface area contributed by atoms with Gasteiger partial charge in [-0.2, -0.15) is 4.98 Å². The van der Waals surface area contributed by atoms with Gasteiger partial charge in [-0.1, -0.05) is 25.7 Å². The minimum absolute atomic E-state index is 0.536. The topological polar surface area (TPSA) is 53.1 Å². The Labute approximate surface area is 162 Å². The van der Waals surface area contributed by atoms with E-state index in [4.69, 9.17) is 4.98 Å². The molecule has 2 aliphatic rings. The first-order valence-electron chi connectivity index (χ1n) is 10.5. The van der Waals surface area contributed by atoms with E-state index in [2.05, 4.69) is 44.8 Å². The van der Waals surface area contributed by atoms with Crippen LogP contribution in [0.25, 0.3) is 0 Å². The van der Waals surface area contributed by atoms with Gasteiger partial charge in [0, 0.05) is 42.3 Å². The summed E-state index contributed by atoms with van der Waals surface area (Å²) in [6, 6.07) is 11.2. The maximum atomic E-state index is 4.71. The molecule has 1 aliphatic carbocycles. The lowest BCUT2D eigenvalue weighted by Gasteiger charge is -2.19. The zero-order valence-electron chi connectivity index (χ0n) is 16.4. The van der Waals surface area contributed by atoms with Gasteiger partial charge in [0.25, 0.3) is 0 Å². The van der Waals surface area contributed by atoms with E-state index in [0.717, 1.165) is 17.2 Å². The molecule has 0 amide bonds. The SMILES string of the molecule is Cc1cc(NC2CCCCCC2)nc(Nc2ccc(N3CCCC3)cc2)n1. The molecule has 2 N–H and O–H groups in total. The number of rotatable bonds is 5. The molecule has 0 radical (unpaired) electrons. The van der Waals surface area contributed by atoms with Gasteiger partial charge in [-0.05, 0) is 56.9 Å². The Morgan fingerprint density at radius 3 is 2.30 bits per heavy atom. The first-order chi connectivity index (χ1) is 13.3. The average Bonchev–Trinajstić information content (AvgIpc) is 3.08. The van der Waals surface area contributed by atoms with Crippen LogP contribution in [-0.4, -0.2) is 29.1 Å². The van der Waals surface area contributed by atoms with Crippen molar-refractivity contribution in [1.82, 2.24) is 9.97 Å². The van der Waals surface area contributed by atoms with Crippen molar-refractivity contribution in [3.63, 3.8) is 0 Å².